The van der Waals surface area contributed by atoms with Crippen molar-refractivity contribution in [3.63, 3.8) is 0 Å². The summed E-state index contributed by atoms with van der Waals surface area (Å²) >= 11 is 0. The number of benzene rings is 2. The Morgan fingerprint density at radius 2 is 1.74 bits per heavy atom. The third-order valence-corrected chi connectivity index (χ3v) is 2.73. The fraction of sp³-hybridized carbons (Fsp3) is 0. The summed E-state index contributed by atoms with van der Waals surface area (Å²) in [6, 6.07) is 11.1. The van der Waals surface area contributed by atoms with Crippen LogP contribution < -0.4 is 5.32 Å². The van der Waals surface area contributed by atoms with Gasteiger partial charge in [0.15, 0.2) is 11.6 Å². The van der Waals surface area contributed by atoms with Crippen molar-refractivity contribution >= 4 is 22.4 Å². The molecule has 5 heteroatoms. The Balaban J connectivity index is 2.03. The normalized spacial score (nSPS) is 10.6. The molecule has 0 saturated carbocycles. The largest absolute Gasteiger partial charge is 0.340 e. The third-order valence-electron chi connectivity index (χ3n) is 2.73. The zero-order valence-electron chi connectivity index (χ0n) is 9.77. The minimum atomic E-state index is -0.900. The van der Waals surface area contributed by atoms with Gasteiger partial charge in [0, 0.05) is 17.1 Å². The van der Waals surface area contributed by atoms with Gasteiger partial charge >= 0.3 is 0 Å². The van der Waals surface area contributed by atoms with Crippen LogP contribution in [0.3, 0.4) is 0 Å². The van der Waals surface area contributed by atoms with Crippen molar-refractivity contribution in [2.75, 3.05) is 5.32 Å². The quantitative estimate of drug-likeness (QED) is 0.761. The zero-order chi connectivity index (χ0) is 13.2. The van der Waals surface area contributed by atoms with E-state index in [1.807, 2.05) is 24.3 Å². The summed E-state index contributed by atoms with van der Waals surface area (Å²) in [5, 5.41) is 3.77. The summed E-state index contributed by atoms with van der Waals surface area (Å²) in [6.45, 7) is 0. The lowest BCUT2D eigenvalue weighted by molar-refractivity contribution is 0.509. The average molecular weight is 257 g/mol. The molecular formula is C14H9F2N3. The highest BCUT2D eigenvalue weighted by Crippen LogP contribution is 2.23. The van der Waals surface area contributed by atoms with Gasteiger partial charge in [0.05, 0.1) is 5.52 Å². The molecule has 2 aromatic carbocycles. The third kappa shape index (κ3) is 2.22. The Morgan fingerprint density at radius 1 is 0.895 bits per heavy atom. The van der Waals surface area contributed by atoms with E-state index in [4.69, 9.17) is 0 Å². The highest BCUT2D eigenvalue weighted by atomic mass is 19.2. The van der Waals surface area contributed by atoms with E-state index in [1.165, 1.54) is 12.4 Å². The van der Waals surface area contributed by atoms with Crippen LogP contribution in [-0.2, 0) is 0 Å². The molecule has 3 nitrogen and oxygen atoms in total. The predicted molar refractivity (Wildman–Crippen MR) is 69.2 cm³/mol. The summed E-state index contributed by atoms with van der Waals surface area (Å²) in [7, 11) is 0. The molecule has 3 rings (SSSR count). The van der Waals surface area contributed by atoms with Gasteiger partial charge in [-0.25, -0.2) is 18.7 Å². The number of nitrogens with zero attached hydrogens (tertiary/aromatic N) is 2. The molecule has 0 spiro atoms. The number of nitrogens with one attached hydrogen (secondary N) is 1. The first-order valence-electron chi connectivity index (χ1n) is 5.66. The van der Waals surface area contributed by atoms with E-state index in [-0.39, 0.29) is 0 Å². The first kappa shape index (κ1) is 11.5. The van der Waals surface area contributed by atoms with Crippen LogP contribution in [0, 0.1) is 11.6 Å². The Kier molecular flexibility index (Phi) is 2.79. The lowest BCUT2D eigenvalue weighted by atomic mass is 10.2. The Labute approximate surface area is 107 Å². The van der Waals surface area contributed by atoms with Crippen LogP contribution in [0.25, 0.3) is 10.9 Å². The van der Waals surface area contributed by atoms with Crippen molar-refractivity contribution < 1.29 is 8.78 Å². The zero-order valence-corrected chi connectivity index (χ0v) is 9.77. The summed E-state index contributed by atoms with van der Waals surface area (Å²) < 4.78 is 26.0. The van der Waals surface area contributed by atoms with Crippen LogP contribution in [0.15, 0.2) is 48.8 Å². The van der Waals surface area contributed by atoms with Crippen molar-refractivity contribution in [2.24, 2.45) is 0 Å². The first-order valence-corrected chi connectivity index (χ1v) is 5.66. The standard InChI is InChI=1S/C14H9F2N3/c15-11-6-5-9(7-12(11)16)19-14-10-3-1-2-4-13(10)17-8-18-14/h1-8H,(H,17,18,19). The highest BCUT2D eigenvalue weighted by molar-refractivity contribution is 5.90. The number of hydrogen-bond donors (Lipinski definition) is 1. The number of hydrogen-bond acceptors (Lipinski definition) is 3. The van der Waals surface area contributed by atoms with Crippen LogP contribution in [0.1, 0.15) is 0 Å². The average Bonchev–Trinajstić information content (AvgIpc) is 2.43. The van der Waals surface area contributed by atoms with E-state index < -0.39 is 11.6 Å². The van der Waals surface area contributed by atoms with Crippen LogP contribution in [0.4, 0.5) is 20.3 Å². The number of aromatic nitrogens is 2. The minimum Gasteiger partial charge on any atom is -0.340 e. The molecule has 0 radical (unpaired) electrons. The molecule has 0 aliphatic rings. The molecule has 0 atom stereocenters. The highest BCUT2D eigenvalue weighted by Gasteiger charge is 2.06. The maximum atomic E-state index is 13.1. The first-order chi connectivity index (χ1) is 9.24. The molecule has 19 heavy (non-hydrogen) atoms. The topological polar surface area (TPSA) is 37.8 Å². The number of rotatable bonds is 2. The van der Waals surface area contributed by atoms with Gasteiger partial charge < -0.3 is 5.32 Å². The molecule has 1 aromatic heterocycles. The van der Waals surface area contributed by atoms with Gasteiger partial charge in [0.2, 0.25) is 0 Å². The Morgan fingerprint density at radius 3 is 2.58 bits per heavy atom. The van der Waals surface area contributed by atoms with Gasteiger partial charge in [-0.3, -0.25) is 0 Å². The minimum absolute atomic E-state index is 0.433. The van der Waals surface area contributed by atoms with Crippen molar-refractivity contribution in [1.29, 1.82) is 0 Å². The van der Waals surface area contributed by atoms with Crippen LogP contribution >= 0.6 is 0 Å². The molecular weight excluding hydrogens is 248 g/mol. The van der Waals surface area contributed by atoms with Crippen molar-refractivity contribution in [3.8, 4) is 0 Å². The van der Waals surface area contributed by atoms with Crippen LogP contribution in [0.5, 0.6) is 0 Å². The number of anilines is 2. The van der Waals surface area contributed by atoms with Gasteiger partial charge in [0.25, 0.3) is 0 Å². The summed E-state index contributed by atoms with van der Waals surface area (Å²) in [4.78, 5) is 8.25. The second kappa shape index (κ2) is 4.61. The smallest absolute Gasteiger partial charge is 0.160 e. The number of halogens is 2. The van der Waals surface area contributed by atoms with E-state index in [1.54, 1.807) is 0 Å². The van der Waals surface area contributed by atoms with Gasteiger partial charge in [-0.1, -0.05) is 12.1 Å². The van der Waals surface area contributed by atoms with Gasteiger partial charge in [0.1, 0.15) is 12.1 Å². The number of para-hydroxylation sites is 1. The molecule has 0 aliphatic heterocycles. The molecule has 0 aliphatic carbocycles. The van der Waals surface area contributed by atoms with E-state index in [0.717, 1.165) is 23.0 Å². The van der Waals surface area contributed by atoms with E-state index in [0.29, 0.717) is 11.5 Å². The van der Waals surface area contributed by atoms with E-state index in [9.17, 15) is 8.78 Å². The van der Waals surface area contributed by atoms with Gasteiger partial charge in [-0.05, 0) is 24.3 Å². The van der Waals surface area contributed by atoms with Crippen LogP contribution in [-0.4, -0.2) is 9.97 Å². The summed E-state index contributed by atoms with van der Waals surface area (Å²) in [5.74, 6) is -1.22. The second-order valence-corrected chi connectivity index (χ2v) is 3.99. The SMILES string of the molecule is Fc1ccc(Nc2ncnc3ccccc23)cc1F. The molecule has 0 saturated heterocycles. The lowest BCUT2D eigenvalue weighted by Crippen LogP contribution is -1.97. The molecule has 1 heterocycles. The lowest BCUT2D eigenvalue weighted by Gasteiger charge is -2.08. The monoisotopic (exact) mass is 257 g/mol. The van der Waals surface area contributed by atoms with Crippen LogP contribution in [0.2, 0.25) is 0 Å². The van der Waals surface area contributed by atoms with Crippen molar-refractivity contribution in [2.45, 2.75) is 0 Å². The fourth-order valence-corrected chi connectivity index (χ4v) is 1.82. The van der Waals surface area contributed by atoms with Gasteiger partial charge in [-0.2, -0.15) is 0 Å². The maximum absolute atomic E-state index is 13.1. The molecule has 0 bridgehead atoms. The molecule has 1 N–H and O–H groups in total. The summed E-state index contributed by atoms with van der Waals surface area (Å²) in [5.41, 5.74) is 1.21. The molecule has 0 fully saturated rings. The van der Waals surface area contributed by atoms with E-state index in [2.05, 4.69) is 15.3 Å². The maximum Gasteiger partial charge on any atom is 0.160 e. The second-order valence-electron chi connectivity index (χ2n) is 3.99. The Hall–Kier alpha value is -2.56. The summed E-state index contributed by atoms with van der Waals surface area (Å²) in [6.07, 6.45) is 1.42. The van der Waals surface area contributed by atoms with E-state index >= 15 is 0 Å². The molecule has 0 amide bonds. The number of fused-ring (bicyclic) bond motifs is 1. The molecule has 3 aromatic rings. The van der Waals surface area contributed by atoms with Crippen molar-refractivity contribution in [1.82, 2.24) is 9.97 Å². The molecule has 0 unspecified atom stereocenters. The Bertz CT molecular complexity index is 738. The molecule has 94 valence electrons. The fourth-order valence-electron chi connectivity index (χ4n) is 1.82. The van der Waals surface area contributed by atoms with Crippen molar-refractivity contribution in [3.05, 3.63) is 60.4 Å². The predicted octanol–water partition coefficient (Wildman–Crippen LogP) is 3.65. The van der Waals surface area contributed by atoms with Gasteiger partial charge in [-0.15, -0.1) is 0 Å².